The molecule has 2 atom stereocenters. The van der Waals surface area contributed by atoms with Crippen LogP contribution in [0.1, 0.15) is 36.2 Å². The Bertz CT molecular complexity index is 785. The Hall–Kier alpha value is -2.44. The molecule has 0 aliphatic rings. The summed E-state index contributed by atoms with van der Waals surface area (Å²) in [7, 11) is 0. The number of rotatable bonds is 7. The zero-order valence-corrected chi connectivity index (χ0v) is 16.2. The van der Waals surface area contributed by atoms with Crippen molar-refractivity contribution in [3.8, 4) is 0 Å². The van der Waals surface area contributed by atoms with Crippen molar-refractivity contribution in [1.29, 1.82) is 0 Å². The van der Waals surface area contributed by atoms with Crippen molar-refractivity contribution in [2.45, 2.75) is 32.9 Å². The summed E-state index contributed by atoms with van der Waals surface area (Å²) in [5.41, 5.74) is 7.54. The standard InChI is InChI=1S/C20H24FN3O2.ClH/c1-3-13(2)18(22)20(26)23-12-14-6-4-9-17(10-14)24-19(25)15-7-5-8-16(21)11-15;/h4-11,13,18H,3,12,22H2,1-2H3,(H,23,26)(H,24,25);1H. The highest BCUT2D eigenvalue weighted by Crippen LogP contribution is 2.13. The van der Waals surface area contributed by atoms with Gasteiger partial charge in [0, 0.05) is 17.8 Å². The molecule has 0 bridgehead atoms. The molecule has 0 saturated heterocycles. The average molecular weight is 394 g/mol. The van der Waals surface area contributed by atoms with Crippen LogP contribution in [0.3, 0.4) is 0 Å². The normalized spacial score (nSPS) is 12.4. The van der Waals surface area contributed by atoms with Crippen molar-refractivity contribution in [1.82, 2.24) is 5.32 Å². The number of hydrogen-bond donors (Lipinski definition) is 3. The summed E-state index contributed by atoms with van der Waals surface area (Å²) in [6.07, 6.45) is 0.830. The van der Waals surface area contributed by atoms with Gasteiger partial charge in [-0.2, -0.15) is 0 Å². The fraction of sp³-hybridized carbons (Fsp3) is 0.300. The Labute approximate surface area is 164 Å². The SMILES string of the molecule is CCC(C)C(N)C(=O)NCc1cccc(NC(=O)c2cccc(F)c2)c1.Cl. The lowest BCUT2D eigenvalue weighted by Gasteiger charge is -2.17. The lowest BCUT2D eigenvalue weighted by molar-refractivity contribution is -0.123. The molecule has 0 radical (unpaired) electrons. The maximum absolute atomic E-state index is 13.2. The van der Waals surface area contributed by atoms with E-state index in [2.05, 4.69) is 10.6 Å². The Kier molecular flexibility index (Phi) is 8.91. The molecule has 2 aromatic rings. The summed E-state index contributed by atoms with van der Waals surface area (Å²) in [6, 6.07) is 12.0. The molecule has 27 heavy (non-hydrogen) atoms. The number of anilines is 1. The number of carbonyl (C=O) groups is 2. The second kappa shape index (κ2) is 10.6. The highest BCUT2D eigenvalue weighted by atomic mass is 35.5. The molecule has 2 unspecified atom stereocenters. The summed E-state index contributed by atoms with van der Waals surface area (Å²) in [5.74, 6) is -0.961. The van der Waals surface area contributed by atoms with E-state index in [0.717, 1.165) is 12.0 Å². The van der Waals surface area contributed by atoms with E-state index in [0.29, 0.717) is 12.2 Å². The molecule has 0 aliphatic carbocycles. The zero-order valence-electron chi connectivity index (χ0n) is 15.4. The van der Waals surface area contributed by atoms with Crippen LogP contribution in [-0.2, 0) is 11.3 Å². The zero-order chi connectivity index (χ0) is 19.1. The predicted octanol–water partition coefficient (Wildman–Crippen LogP) is 3.49. The van der Waals surface area contributed by atoms with E-state index in [1.165, 1.54) is 18.2 Å². The summed E-state index contributed by atoms with van der Waals surface area (Å²) in [4.78, 5) is 24.2. The molecule has 2 aromatic carbocycles. The van der Waals surface area contributed by atoms with Crippen molar-refractivity contribution in [2.75, 3.05) is 5.32 Å². The van der Waals surface area contributed by atoms with Crippen LogP contribution in [-0.4, -0.2) is 17.9 Å². The van der Waals surface area contributed by atoms with Crippen molar-refractivity contribution >= 4 is 29.9 Å². The Morgan fingerprint density at radius 2 is 1.85 bits per heavy atom. The molecule has 0 heterocycles. The number of carbonyl (C=O) groups excluding carboxylic acids is 2. The van der Waals surface area contributed by atoms with E-state index >= 15 is 0 Å². The van der Waals surface area contributed by atoms with Gasteiger partial charge in [-0.05, 0) is 41.8 Å². The molecule has 2 rings (SSSR count). The van der Waals surface area contributed by atoms with Gasteiger partial charge in [0.1, 0.15) is 5.82 Å². The van der Waals surface area contributed by atoms with Gasteiger partial charge in [-0.15, -0.1) is 12.4 Å². The maximum atomic E-state index is 13.2. The first kappa shape index (κ1) is 22.6. The van der Waals surface area contributed by atoms with E-state index < -0.39 is 17.8 Å². The number of nitrogens with two attached hydrogens (primary N) is 1. The number of halogens is 2. The van der Waals surface area contributed by atoms with Gasteiger partial charge in [0.05, 0.1) is 6.04 Å². The minimum absolute atomic E-state index is 0. The molecule has 5 nitrogen and oxygen atoms in total. The number of amides is 2. The van der Waals surface area contributed by atoms with E-state index in [1.54, 1.807) is 24.3 Å². The van der Waals surface area contributed by atoms with Gasteiger partial charge in [-0.3, -0.25) is 9.59 Å². The Morgan fingerprint density at radius 3 is 2.52 bits per heavy atom. The third-order valence-corrected chi connectivity index (χ3v) is 4.30. The second-order valence-electron chi connectivity index (χ2n) is 6.29. The van der Waals surface area contributed by atoms with Crippen LogP contribution in [0.25, 0.3) is 0 Å². The van der Waals surface area contributed by atoms with Gasteiger partial charge in [-0.1, -0.05) is 38.5 Å². The summed E-state index contributed by atoms with van der Waals surface area (Å²) in [5, 5.41) is 5.53. The van der Waals surface area contributed by atoms with Crippen LogP contribution >= 0.6 is 12.4 Å². The monoisotopic (exact) mass is 393 g/mol. The average Bonchev–Trinajstić information content (AvgIpc) is 2.65. The van der Waals surface area contributed by atoms with E-state index in [4.69, 9.17) is 5.73 Å². The molecule has 0 aromatic heterocycles. The molecule has 0 saturated carbocycles. The minimum atomic E-state index is -0.545. The van der Waals surface area contributed by atoms with Gasteiger partial charge < -0.3 is 16.4 Å². The first-order valence-corrected chi connectivity index (χ1v) is 8.60. The summed E-state index contributed by atoms with van der Waals surface area (Å²) in [6.45, 7) is 4.24. The third-order valence-electron chi connectivity index (χ3n) is 4.30. The van der Waals surface area contributed by atoms with Crippen molar-refractivity contribution in [2.24, 2.45) is 11.7 Å². The molecular weight excluding hydrogens is 369 g/mol. The van der Waals surface area contributed by atoms with E-state index in [-0.39, 0.29) is 29.8 Å². The van der Waals surface area contributed by atoms with Crippen LogP contribution < -0.4 is 16.4 Å². The maximum Gasteiger partial charge on any atom is 0.255 e. The van der Waals surface area contributed by atoms with Crippen molar-refractivity contribution in [3.05, 3.63) is 65.5 Å². The molecule has 2 amide bonds. The second-order valence-corrected chi connectivity index (χ2v) is 6.29. The topological polar surface area (TPSA) is 84.2 Å². The number of benzene rings is 2. The smallest absolute Gasteiger partial charge is 0.255 e. The van der Waals surface area contributed by atoms with Crippen molar-refractivity contribution < 1.29 is 14.0 Å². The first-order valence-electron chi connectivity index (χ1n) is 8.60. The molecule has 0 spiro atoms. The van der Waals surface area contributed by atoms with E-state index in [1.807, 2.05) is 19.9 Å². The lowest BCUT2D eigenvalue weighted by Crippen LogP contribution is -2.44. The first-order chi connectivity index (χ1) is 12.4. The van der Waals surface area contributed by atoms with E-state index in [9.17, 15) is 14.0 Å². The third kappa shape index (κ3) is 6.66. The molecule has 0 fully saturated rings. The van der Waals surface area contributed by atoms with Gasteiger partial charge >= 0.3 is 0 Å². The van der Waals surface area contributed by atoms with Gasteiger partial charge in [-0.25, -0.2) is 4.39 Å². The van der Waals surface area contributed by atoms with Crippen LogP contribution in [0.4, 0.5) is 10.1 Å². The summed E-state index contributed by atoms with van der Waals surface area (Å²) < 4.78 is 13.2. The quantitative estimate of drug-likeness (QED) is 0.673. The molecule has 4 N–H and O–H groups in total. The predicted molar refractivity (Wildman–Crippen MR) is 107 cm³/mol. The molecular formula is C20H25ClFN3O2. The van der Waals surface area contributed by atoms with Crippen LogP contribution in [0.15, 0.2) is 48.5 Å². The fourth-order valence-electron chi connectivity index (χ4n) is 2.41. The Balaban J connectivity index is 0.00000364. The van der Waals surface area contributed by atoms with Crippen LogP contribution in [0.5, 0.6) is 0 Å². The van der Waals surface area contributed by atoms with Gasteiger partial charge in [0.2, 0.25) is 5.91 Å². The lowest BCUT2D eigenvalue weighted by atomic mass is 9.99. The van der Waals surface area contributed by atoms with Gasteiger partial charge in [0.15, 0.2) is 0 Å². The fourth-order valence-corrected chi connectivity index (χ4v) is 2.41. The molecule has 146 valence electrons. The largest absolute Gasteiger partial charge is 0.351 e. The Morgan fingerprint density at radius 1 is 1.15 bits per heavy atom. The minimum Gasteiger partial charge on any atom is -0.351 e. The number of hydrogen-bond acceptors (Lipinski definition) is 3. The molecule has 7 heteroatoms. The highest BCUT2D eigenvalue weighted by Gasteiger charge is 2.18. The summed E-state index contributed by atoms with van der Waals surface area (Å²) >= 11 is 0. The van der Waals surface area contributed by atoms with Crippen LogP contribution in [0.2, 0.25) is 0 Å². The highest BCUT2D eigenvalue weighted by molar-refractivity contribution is 6.04. The number of nitrogens with one attached hydrogen (secondary N) is 2. The molecule has 0 aliphatic heterocycles. The van der Waals surface area contributed by atoms with Gasteiger partial charge in [0.25, 0.3) is 5.91 Å². The van der Waals surface area contributed by atoms with Crippen molar-refractivity contribution in [3.63, 3.8) is 0 Å². The van der Waals surface area contributed by atoms with Crippen LogP contribution in [0, 0.1) is 11.7 Å².